The first-order chi connectivity index (χ1) is 20.7. The van der Waals surface area contributed by atoms with Crippen LogP contribution in [-0.2, 0) is 9.47 Å². The predicted molar refractivity (Wildman–Crippen MR) is 181 cm³/mol. The number of benzene rings is 5. The van der Waals surface area contributed by atoms with E-state index in [0.29, 0.717) is 13.2 Å². The molecule has 0 fully saturated rings. The van der Waals surface area contributed by atoms with E-state index in [2.05, 4.69) is 125 Å². The van der Waals surface area contributed by atoms with Crippen LogP contribution in [0.2, 0.25) is 0 Å². The first-order valence-corrected chi connectivity index (χ1v) is 15.6. The van der Waals surface area contributed by atoms with Crippen LogP contribution in [0.3, 0.4) is 0 Å². The maximum Gasteiger partial charge on any atom is 0.216 e. The van der Waals surface area contributed by atoms with Crippen molar-refractivity contribution in [1.29, 1.82) is 0 Å². The lowest BCUT2D eigenvalue weighted by Crippen LogP contribution is -2.17. The summed E-state index contributed by atoms with van der Waals surface area (Å²) in [6.45, 7) is 9.63. The summed E-state index contributed by atoms with van der Waals surface area (Å²) in [5, 5.41) is 5.17. The molecule has 0 amide bonds. The van der Waals surface area contributed by atoms with Crippen molar-refractivity contribution in [2.75, 3.05) is 13.2 Å². The lowest BCUT2D eigenvalue weighted by molar-refractivity contribution is 0.279. The number of aliphatic imine (C=N–C) groups is 2. The Morgan fingerprint density at radius 2 is 1.07 bits per heavy atom. The number of rotatable bonds is 4. The molecular formula is C38H32N2O2S. The maximum atomic E-state index is 5.88. The minimum atomic E-state index is -0.170. The molecule has 2 aliphatic heterocycles. The maximum absolute atomic E-state index is 5.88. The highest BCUT2D eigenvalue weighted by Crippen LogP contribution is 2.43. The summed E-state index contributed by atoms with van der Waals surface area (Å²) >= 11 is 1.86. The van der Waals surface area contributed by atoms with Crippen molar-refractivity contribution in [3.05, 3.63) is 108 Å². The van der Waals surface area contributed by atoms with Gasteiger partial charge in [-0.25, -0.2) is 9.98 Å². The molecule has 1 aromatic heterocycles. The van der Waals surface area contributed by atoms with Crippen LogP contribution in [0.15, 0.2) is 107 Å². The van der Waals surface area contributed by atoms with Crippen molar-refractivity contribution in [1.82, 2.24) is 0 Å². The van der Waals surface area contributed by atoms with Gasteiger partial charge in [-0.15, -0.1) is 11.3 Å². The Labute approximate surface area is 255 Å². The van der Waals surface area contributed by atoms with Gasteiger partial charge in [0, 0.05) is 31.3 Å². The lowest BCUT2D eigenvalue weighted by Gasteiger charge is -2.10. The molecule has 5 aromatic carbocycles. The molecule has 6 aromatic rings. The third kappa shape index (κ3) is 4.59. The van der Waals surface area contributed by atoms with Crippen LogP contribution >= 0.6 is 11.3 Å². The molecule has 5 heteroatoms. The minimum absolute atomic E-state index is 0.162. The molecule has 43 heavy (non-hydrogen) atoms. The molecule has 0 radical (unpaired) electrons. The minimum Gasteiger partial charge on any atom is -0.475 e. The number of hydrogen-bond donors (Lipinski definition) is 0. The second-order valence-electron chi connectivity index (χ2n) is 12.8. The molecular weight excluding hydrogens is 548 g/mol. The Kier molecular flexibility index (Phi) is 5.79. The third-order valence-corrected chi connectivity index (χ3v) is 9.42. The zero-order valence-electron chi connectivity index (χ0n) is 24.8. The molecule has 3 heterocycles. The van der Waals surface area contributed by atoms with Crippen molar-refractivity contribution in [3.63, 3.8) is 0 Å². The average molecular weight is 581 g/mol. The van der Waals surface area contributed by atoms with Crippen molar-refractivity contribution in [2.24, 2.45) is 9.98 Å². The summed E-state index contributed by atoms with van der Waals surface area (Å²) in [4.78, 5) is 9.47. The summed E-state index contributed by atoms with van der Waals surface area (Å²) in [5.74, 6) is 1.47. The van der Waals surface area contributed by atoms with Crippen molar-refractivity contribution >= 4 is 54.1 Å². The van der Waals surface area contributed by atoms with E-state index in [1.807, 2.05) is 11.3 Å². The van der Waals surface area contributed by atoms with E-state index in [4.69, 9.17) is 19.5 Å². The number of hydrogen-bond acceptors (Lipinski definition) is 5. The Hall–Kier alpha value is -4.48. The van der Waals surface area contributed by atoms with E-state index in [-0.39, 0.29) is 11.1 Å². The highest BCUT2D eigenvalue weighted by Gasteiger charge is 2.28. The molecule has 2 aliphatic rings. The standard InChI is InChI=1S/C38H32N2O2S/c1-37(2)21-41-35(39-37)25-13-9-23(10-14-25)27-17-18-30-32(19-27)43-33-20-31(28-7-5-6-8-29(28)34(30)33)24-11-15-26(16-12-24)36-40-38(3,4)22-42-36/h5-20H,21-22H2,1-4H3. The molecule has 8 rings (SSSR count). The fourth-order valence-electron chi connectivity index (χ4n) is 6.12. The predicted octanol–water partition coefficient (Wildman–Crippen LogP) is 9.65. The molecule has 4 nitrogen and oxygen atoms in total. The Balaban J connectivity index is 1.19. The summed E-state index contributed by atoms with van der Waals surface area (Å²) in [6, 6.07) is 35.2. The van der Waals surface area contributed by atoms with Gasteiger partial charge in [0.15, 0.2) is 0 Å². The van der Waals surface area contributed by atoms with Crippen LogP contribution in [-0.4, -0.2) is 36.1 Å². The van der Waals surface area contributed by atoms with Crippen LogP contribution < -0.4 is 0 Å². The fourth-order valence-corrected chi connectivity index (χ4v) is 7.32. The summed E-state index contributed by atoms with van der Waals surface area (Å²) in [7, 11) is 0. The molecule has 0 unspecified atom stereocenters. The van der Waals surface area contributed by atoms with Crippen LogP contribution in [0.1, 0.15) is 38.8 Å². The molecule has 0 atom stereocenters. The number of thiophene rings is 1. The first kappa shape index (κ1) is 26.2. The highest BCUT2D eigenvalue weighted by atomic mass is 32.1. The Morgan fingerprint density at radius 3 is 1.65 bits per heavy atom. The number of nitrogens with zero attached hydrogens (tertiary/aromatic N) is 2. The van der Waals surface area contributed by atoms with E-state index >= 15 is 0 Å². The fraction of sp³-hybridized carbons (Fsp3) is 0.211. The largest absolute Gasteiger partial charge is 0.475 e. The van der Waals surface area contributed by atoms with Gasteiger partial charge in [-0.05, 0) is 97.1 Å². The van der Waals surface area contributed by atoms with Gasteiger partial charge >= 0.3 is 0 Å². The first-order valence-electron chi connectivity index (χ1n) is 14.8. The Bertz CT molecular complexity index is 2120. The smallest absolute Gasteiger partial charge is 0.216 e. The van der Waals surface area contributed by atoms with Crippen molar-refractivity contribution in [2.45, 2.75) is 38.8 Å². The van der Waals surface area contributed by atoms with E-state index in [1.165, 1.54) is 53.2 Å². The zero-order chi connectivity index (χ0) is 29.3. The summed E-state index contributed by atoms with van der Waals surface area (Å²) < 4.78 is 14.3. The quantitative estimate of drug-likeness (QED) is 0.208. The SMILES string of the molecule is CC1(C)COC(c2ccc(-c3ccc4c(c3)sc3cc(-c5ccc(C6=NC(C)(C)CO6)cc5)c5ccccc5c34)cc2)=N1. The topological polar surface area (TPSA) is 43.2 Å². The summed E-state index contributed by atoms with van der Waals surface area (Å²) in [6.07, 6.45) is 0. The lowest BCUT2D eigenvalue weighted by atomic mass is 9.94. The van der Waals surface area contributed by atoms with Crippen molar-refractivity contribution in [3.8, 4) is 22.3 Å². The van der Waals surface area contributed by atoms with Gasteiger partial charge in [0.1, 0.15) is 13.2 Å². The van der Waals surface area contributed by atoms with E-state index in [1.54, 1.807) is 0 Å². The van der Waals surface area contributed by atoms with E-state index < -0.39 is 0 Å². The van der Waals surface area contributed by atoms with Gasteiger partial charge in [-0.2, -0.15) is 0 Å². The van der Waals surface area contributed by atoms with E-state index in [0.717, 1.165) is 22.9 Å². The van der Waals surface area contributed by atoms with Crippen LogP contribution in [0.5, 0.6) is 0 Å². The molecule has 212 valence electrons. The monoisotopic (exact) mass is 580 g/mol. The van der Waals surface area contributed by atoms with Gasteiger partial charge in [-0.1, -0.05) is 60.7 Å². The zero-order valence-corrected chi connectivity index (χ0v) is 25.6. The van der Waals surface area contributed by atoms with Crippen LogP contribution in [0, 0.1) is 0 Å². The number of ether oxygens (including phenoxy) is 2. The molecule has 0 bridgehead atoms. The molecule has 0 saturated carbocycles. The third-order valence-electron chi connectivity index (χ3n) is 8.32. The van der Waals surface area contributed by atoms with Crippen LogP contribution in [0.25, 0.3) is 53.2 Å². The molecule has 0 saturated heterocycles. The second-order valence-corrected chi connectivity index (χ2v) is 13.9. The van der Waals surface area contributed by atoms with Gasteiger partial charge in [0.05, 0.1) is 11.1 Å². The highest BCUT2D eigenvalue weighted by molar-refractivity contribution is 7.26. The molecule has 0 N–H and O–H groups in total. The Morgan fingerprint density at radius 1 is 0.535 bits per heavy atom. The van der Waals surface area contributed by atoms with Gasteiger partial charge in [-0.3, -0.25) is 0 Å². The normalized spacial score (nSPS) is 17.2. The second kappa shape index (κ2) is 9.51. The number of fused-ring (bicyclic) bond motifs is 5. The van der Waals surface area contributed by atoms with Gasteiger partial charge in [0.25, 0.3) is 0 Å². The molecule has 0 aliphatic carbocycles. The van der Waals surface area contributed by atoms with Gasteiger partial charge in [0.2, 0.25) is 11.8 Å². The van der Waals surface area contributed by atoms with E-state index in [9.17, 15) is 0 Å². The van der Waals surface area contributed by atoms with Crippen LogP contribution in [0.4, 0.5) is 0 Å². The summed E-state index contributed by atoms with van der Waals surface area (Å²) in [5.41, 5.74) is 6.55. The van der Waals surface area contributed by atoms with Gasteiger partial charge < -0.3 is 9.47 Å². The molecule has 0 spiro atoms. The average Bonchev–Trinajstić information content (AvgIpc) is 3.69. The van der Waals surface area contributed by atoms with Crippen molar-refractivity contribution < 1.29 is 9.47 Å².